The van der Waals surface area contributed by atoms with Crippen LogP contribution < -0.4 is 4.74 Å². The molecule has 1 aromatic carbocycles. The first kappa shape index (κ1) is 17.7. The molecule has 25 heavy (non-hydrogen) atoms. The Balaban J connectivity index is 1.55. The van der Waals surface area contributed by atoms with E-state index in [9.17, 15) is 4.79 Å². The number of thiophene rings is 1. The van der Waals surface area contributed by atoms with Crippen molar-refractivity contribution in [3.05, 3.63) is 46.7 Å². The Labute approximate surface area is 155 Å². The van der Waals surface area contributed by atoms with Gasteiger partial charge < -0.3 is 9.30 Å². The molecule has 0 aliphatic rings. The number of thioether (sulfide) groups is 1. The van der Waals surface area contributed by atoms with E-state index in [-0.39, 0.29) is 5.78 Å². The van der Waals surface area contributed by atoms with Gasteiger partial charge in [-0.15, -0.1) is 21.5 Å². The van der Waals surface area contributed by atoms with Gasteiger partial charge >= 0.3 is 0 Å². The Hall–Kier alpha value is -2.12. The van der Waals surface area contributed by atoms with E-state index in [1.54, 1.807) is 18.9 Å². The Morgan fingerprint density at radius 2 is 2.04 bits per heavy atom. The normalized spacial score (nSPS) is 10.8. The molecule has 0 aliphatic heterocycles. The fourth-order valence-electron chi connectivity index (χ4n) is 2.39. The summed E-state index contributed by atoms with van der Waals surface area (Å²) in [6.45, 7) is 0. The number of nitrogens with zero attached hydrogens (tertiary/aromatic N) is 3. The Morgan fingerprint density at radius 3 is 2.72 bits per heavy atom. The molecule has 0 amide bonds. The van der Waals surface area contributed by atoms with Crippen molar-refractivity contribution in [3.63, 3.8) is 0 Å². The van der Waals surface area contributed by atoms with Crippen molar-refractivity contribution in [1.82, 2.24) is 14.8 Å². The lowest BCUT2D eigenvalue weighted by molar-refractivity contribution is 0.0986. The molecule has 0 fully saturated rings. The second-order valence-electron chi connectivity index (χ2n) is 5.45. The number of carbonyl (C=O) groups excluding carboxylic acids is 1. The van der Waals surface area contributed by atoms with Gasteiger partial charge in [-0.25, -0.2) is 0 Å². The highest BCUT2D eigenvalue weighted by Gasteiger charge is 2.12. The minimum absolute atomic E-state index is 0.215. The molecule has 0 atom stereocenters. The Morgan fingerprint density at radius 1 is 1.24 bits per heavy atom. The molecule has 130 valence electrons. The summed E-state index contributed by atoms with van der Waals surface area (Å²) in [6, 6.07) is 11.5. The van der Waals surface area contributed by atoms with E-state index in [2.05, 4.69) is 10.2 Å². The average molecular weight is 374 g/mol. The van der Waals surface area contributed by atoms with Gasteiger partial charge in [0.1, 0.15) is 5.75 Å². The number of Topliss-reactive ketones (excluding diaryl/α,β-unsaturated/α-hetero) is 1. The third-order valence-electron chi connectivity index (χ3n) is 3.76. The van der Waals surface area contributed by atoms with Crippen molar-refractivity contribution >= 4 is 28.9 Å². The Kier molecular flexibility index (Phi) is 5.88. The van der Waals surface area contributed by atoms with Crippen LogP contribution in [0.5, 0.6) is 5.75 Å². The highest BCUT2D eigenvalue weighted by atomic mass is 32.2. The molecule has 0 unspecified atom stereocenters. The van der Waals surface area contributed by atoms with Gasteiger partial charge in [0.05, 0.1) is 12.0 Å². The van der Waals surface area contributed by atoms with Crippen LogP contribution in [0.1, 0.15) is 22.5 Å². The number of aromatic nitrogens is 3. The van der Waals surface area contributed by atoms with Crippen LogP contribution in [0.15, 0.2) is 46.9 Å². The predicted molar refractivity (Wildman–Crippen MR) is 102 cm³/mol. The van der Waals surface area contributed by atoms with E-state index in [1.807, 2.05) is 53.4 Å². The number of ketones is 1. The number of methoxy groups -OCH3 is 1. The molecule has 3 aromatic rings. The second-order valence-corrected chi connectivity index (χ2v) is 7.46. The largest absolute Gasteiger partial charge is 0.497 e. The maximum absolute atomic E-state index is 12.0. The number of rotatable bonds is 8. The molecule has 0 N–H and O–H groups in total. The molecule has 0 saturated carbocycles. The molecule has 0 spiro atoms. The van der Waals surface area contributed by atoms with Crippen molar-refractivity contribution in [3.8, 4) is 17.1 Å². The topological polar surface area (TPSA) is 57.0 Å². The lowest BCUT2D eigenvalue weighted by Crippen LogP contribution is -1.98. The molecular weight excluding hydrogens is 354 g/mol. The average Bonchev–Trinajstić information content (AvgIpc) is 3.29. The minimum Gasteiger partial charge on any atom is -0.497 e. The van der Waals surface area contributed by atoms with Gasteiger partial charge in [0.25, 0.3) is 0 Å². The van der Waals surface area contributed by atoms with E-state index >= 15 is 0 Å². The van der Waals surface area contributed by atoms with Gasteiger partial charge in [-0.05, 0) is 42.1 Å². The Bertz CT molecular complexity index is 827. The molecule has 3 rings (SSSR count). The van der Waals surface area contributed by atoms with Crippen LogP contribution in [0, 0.1) is 0 Å². The number of carbonyl (C=O) groups is 1. The zero-order chi connectivity index (χ0) is 17.6. The zero-order valence-electron chi connectivity index (χ0n) is 14.1. The molecule has 2 heterocycles. The third-order valence-corrected chi connectivity index (χ3v) is 5.78. The first-order chi connectivity index (χ1) is 12.2. The highest BCUT2D eigenvalue weighted by Crippen LogP contribution is 2.25. The van der Waals surface area contributed by atoms with Gasteiger partial charge in [0.15, 0.2) is 16.8 Å². The summed E-state index contributed by atoms with van der Waals surface area (Å²) >= 11 is 3.12. The van der Waals surface area contributed by atoms with Crippen LogP contribution in [0.3, 0.4) is 0 Å². The first-order valence-corrected chi connectivity index (χ1v) is 9.79. The van der Waals surface area contributed by atoms with Gasteiger partial charge in [0, 0.05) is 24.8 Å². The third kappa shape index (κ3) is 4.29. The molecule has 0 aliphatic carbocycles. The summed E-state index contributed by atoms with van der Waals surface area (Å²) < 4.78 is 7.16. The molecule has 0 bridgehead atoms. The number of benzene rings is 1. The SMILES string of the molecule is COc1ccc(-c2nnc(SCCCC(=O)c3cccs3)n2C)cc1. The van der Waals surface area contributed by atoms with Crippen LogP contribution in [-0.4, -0.2) is 33.4 Å². The summed E-state index contributed by atoms with van der Waals surface area (Å²) in [6.07, 6.45) is 1.39. The molecule has 7 heteroatoms. The summed E-state index contributed by atoms with van der Waals surface area (Å²) in [5.41, 5.74) is 0.996. The summed E-state index contributed by atoms with van der Waals surface area (Å²) in [7, 11) is 3.61. The smallest absolute Gasteiger partial charge is 0.191 e. The first-order valence-electron chi connectivity index (χ1n) is 7.92. The van der Waals surface area contributed by atoms with E-state index in [4.69, 9.17) is 4.74 Å². The van der Waals surface area contributed by atoms with Crippen molar-refractivity contribution in [2.24, 2.45) is 7.05 Å². The molecule has 2 aromatic heterocycles. The lowest BCUT2D eigenvalue weighted by Gasteiger charge is -2.05. The van der Waals surface area contributed by atoms with Gasteiger partial charge in [0.2, 0.25) is 0 Å². The predicted octanol–water partition coefficient (Wildman–Crippen LogP) is 4.31. The van der Waals surface area contributed by atoms with E-state index in [0.717, 1.165) is 39.3 Å². The van der Waals surface area contributed by atoms with Gasteiger partial charge in [-0.1, -0.05) is 17.8 Å². The number of hydrogen-bond donors (Lipinski definition) is 0. The van der Waals surface area contributed by atoms with Gasteiger partial charge in [-0.3, -0.25) is 4.79 Å². The van der Waals surface area contributed by atoms with Crippen molar-refractivity contribution in [2.45, 2.75) is 18.0 Å². The number of hydrogen-bond acceptors (Lipinski definition) is 6. The summed E-state index contributed by atoms with van der Waals surface area (Å²) in [5.74, 6) is 2.69. The van der Waals surface area contributed by atoms with E-state index in [1.165, 1.54) is 11.3 Å². The standard InChI is InChI=1S/C18H19N3O2S2/c1-21-17(13-7-9-14(23-2)10-8-13)19-20-18(21)25-12-3-5-15(22)16-6-4-11-24-16/h4,6-11H,3,5,12H2,1-2H3. The minimum atomic E-state index is 0.215. The fourth-order valence-corrected chi connectivity index (χ4v) is 3.93. The lowest BCUT2D eigenvalue weighted by atomic mass is 10.2. The van der Waals surface area contributed by atoms with Crippen molar-refractivity contribution < 1.29 is 9.53 Å². The quantitative estimate of drug-likeness (QED) is 0.335. The van der Waals surface area contributed by atoms with Crippen molar-refractivity contribution in [2.75, 3.05) is 12.9 Å². The molecule has 5 nitrogen and oxygen atoms in total. The maximum Gasteiger partial charge on any atom is 0.191 e. The second kappa shape index (κ2) is 8.31. The molecular formula is C18H19N3O2S2. The molecule has 0 radical (unpaired) electrons. The van der Waals surface area contributed by atoms with Gasteiger partial charge in [-0.2, -0.15) is 0 Å². The van der Waals surface area contributed by atoms with Crippen LogP contribution >= 0.6 is 23.1 Å². The number of ether oxygens (including phenoxy) is 1. The fraction of sp³-hybridized carbons (Fsp3) is 0.278. The monoisotopic (exact) mass is 373 g/mol. The van der Waals surface area contributed by atoms with Crippen LogP contribution in [0.25, 0.3) is 11.4 Å². The van der Waals surface area contributed by atoms with Crippen LogP contribution in [-0.2, 0) is 7.05 Å². The summed E-state index contributed by atoms with van der Waals surface area (Å²) in [5, 5.41) is 11.3. The van der Waals surface area contributed by atoms with E-state index < -0.39 is 0 Å². The van der Waals surface area contributed by atoms with Crippen LogP contribution in [0.4, 0.5) is 0 Å². The van der Waals surface area contributed by atoms with Crippen LogP contribution in [0.2, 0.25) is 0 Å². The highest BCUT2D eigenvalue weighted by molar-refractivity contribution is 7.99. The molecule has 0 saturated heterocycles. The van der Waals surface area contributed by atoms with E-state index in [0.29, 0.717) is 6.42 Å². The van der Waals surface area contributed by atoms with Crippen molar-refractivity contribution in [1.29, 1.82) is 0 Å². The maximum atomic E-state index is 12.0. The zero-order valence-corrected chi connectivity index (χ0v) is 15.8. The summed E-state index contributed by atoms with van der Waals surface area (Å²) in [4.78, 5) is 12.8.